The van der Waals surface area contributed by atoms with Crippen LogP contribution in [0.5, 0.6) is 0 Å². The van der Waals surface area contributed by atoms with Gasteiger partial charge in [0.05, 0.1) is 0 Å². The molecular formula is C13H24N2O2S3. The van der Waals surface area contributed by atoms with Crippen molar-refractivity contribution in [1.29, 1.82) is 0 Å². The molecule has 20 heavy (non-hydrogen) atoms. The van der Waals surface area contributed by atoms with Crippen LogP contribution in [0, 0.1) is 0 Å². The summed E-state index contributed by atoms with van der Waals surface area (Å²) in [5.74, 6) is 0.824. The first-order valence-electron chi connectivity index (χ1n) is 6.67. The molecule has 0 spiro atoms. The largest absolute Gasteiger partial charge is 0.319 e. The summed E-state index contributed by atoms with van der Waals surface area (Å²) < 4.78 is 27.2. The number of rotatable bonds is 9. The highest BCUT2D eigenvalue weighted by atomic mass is 32.2. The van der Waals surface area contributed by atoms with Crippen LogP contribution in [0.1, 0.15) is 18.2 Å². The second-order valence-electron chi connectivity index (χ2n) is 4.61. The summed E-state index contributed by atoms with van der Waals surface area (Å²) in [6.45, 7) is 2.89. The fraction of sp³-hybridized carbons (Fsp3) is 0.692. The average Bonchev–Trinajstić information content (AvgIpc) is 2.91. The molecule has 0 fully saturated rings. The van der Waals surface area contributed by atoms with Crippen LogP contribution < -0.4 is 5.32 Å². The fourth-order valence-electron chi connectivity index (χ4n) is 1.89. The van der Waals surface area contributed by atoms with Gasteiger partial charge in [0.25, 0.3) is 10.0 Å². The Morgan fingerprint density at radius 1 is 1.45 bits per heavy atom. The molecule has 1 aromatic rings. The minimum Gasteiger partial charge on any atom is -0.319 e. The standard InChI is InChI=1S/C13H24N2O2S3/c1-5-11(10-18-4)15(3)20(16,17)13-7-6-12(19-13)8-9-14-2/h6-7,11,14H,5,8-10H2,1-4H3. The number of thiophene rings is 1. The van der Waals surface area contributed by atoms with Gasteiger partial charge in [0, 0.05) is 23.7 Å². The van der Waals surface area contributed by atoms with Gasteiger partial charge in [0.1, 0.15) is 4.21 Å². The predicted octanol–water partition coefficient (Wildman–Crippen LogP) is 2.27. The van der Waals surface area contributed by atoms with E-state index >= 15 is 0 Å². The molecule has 0 aliphatic rings. The van der Waals surface area contributed by atoms with Crippen LogP contribution in [0.2, 0.25) is 0 Å². The summed E-state index contributed by atoms with van der Waals surface area (Å²) in [5, 5.41) is 3.08. The van der Waals surface area contributed by atoms with Crippen LogP contribution in [0.3, 0.4) is 0 Å². The van der Waals surface area contributed by atoms with Gasteiger partial charge < -0.3 is 5.32 Å². The third-order valence-corrected chi connectivity index (χ3v) is 7.48. The Morgan fingerprint density at radius 2 is 2.15 bits per heavy atom. The molecule has 0 aliphatic heterocycles. The van der Waals surface area contributed by atoms with E-state index in [-0.39, 0.29) is 6.04 Å². The van der Waals surface area contributed by atoms with E-state index < -0.39 is 10.0 Å². The highest BCUT2D eigenvalue weighted by Crippen LogP contribution is 2.26. The highest BCUT2D eigenvalue weighted by molar-refractivity contribution is 7.98. The summed E-state index contributed by atoms with van der Waals surface area (Å²) >= 11 is 3.06. The van der Waals surface area contributed by atoms with E-state index in [0.29, 0.717) is 4.21 Å². The normalized spacial score (nSPS) is 13.8. The molecule has 1 aromatic heterocycles. The zero-order valence-corrected chi connectivity index (χ0v) is 15.0. The number of sulfonamides is 1. The Labute approximate surface area is 131 Å². The lowest BCUT2D eigenvalue weighted by atomic mass is 10.3. The minimum atomic E-state index is -3.36. The molecule has 0 aliphatic carbocycles. The van der Waals surface area contributed by atoms with Crippen molar-refractivity contribution >= 4 is 33.1 Å². The molecule has 1 N–H and O–H groups in total. The quantitative estimate of drug-likeness (QED) is 0.751. The van der Waals surface area contributed by atoms with Crippen molar-refractivity contribution in [3.63, 3.8) is 0 Å². The van der Waals surface area contributed by atoms with E-state index in [1.165, 1.54) is 15.6 Å². The van der Waals surface area contributed by atoms with E-state index in [9.17, 15) is 8.42 Å². The second kappa shape index (κ2) is 8.38. The van der Waals surface area contributed by atoms with Crippen molar-refractivity contribution in [3.05, 3.63) is 17.0 Å². The number of hydrogen-bond acceptors (Lipinski definition) is 5. The van der Waals surface area contributed by atoms with E-state index in [0.717, 1.165) is 30.0 Å². The number of hydrogen-bond donors (Lipinski definition) is 1. The molecular weight excluding hydrogens is 312 g/mol. The number of likely N-dealkylation sites (N-methyl/N-ethyl adjacent to an activating group) is 1. The molecule has 0 amide bonds. The fourth-order valence-corrected chi connectivity index (χ4v) is 5.80. The minimum absolute atomic E-state index is 0.0536. The van der Waals surface area contributed by atoms with E-state index in [4.69, 9.17) is 0 Å². The first kappa shape index (κ1) is 18.0. The molecule has 4 nitrogen and oxygen atoms in total. The molecule has 1 atom stereocenters. The summed E-state index contributed by atoms with van der Waals surface area (Å²) in [5.41, 5.74) is 0. The van der Waals surface area contributed by atoms with Crippen molar-refractivity contribution in [2.24, 2.45) is 0 Å². The Morgan fingerprint density at radius 3 is 2.70 bits per heavy atom. The van der Waals surface area contributed by atoms with Crippen molar-refractivity contribution < 1.29 is 8.42 Å². The van der Waals surface area contributed by atoms with Crippen molar-refractivity contribution in [1.82, 2.24) is 9.62 Å². The maximum absolute atomic E-state index is 12.6. The zero-order valence-electron chi connectivity index (χ0n) is 12.5. The third-order valence-electron chi connectivity index (χ3n) is 3.24. The molecule has 1 rings (SSSR count). The van der Waals surface area contributed by atoms with Gasteiger partial charge in [-0.25, -0.2) is 8.42 Å². The maximum Gasteiger partial charge on any atom is 0.252 e. The topological polar surface area (TPSA) is 49.4 Å². The molecule has 0 radical (unpaired) electrons. The molecule has 116 valence electrons. The Balaban J connectivity index is 2.89. The van der Waals surface area contributed by atoms with Gasteiger partial charge in [-0.2, -0.15) is 16.1 Å². The lowest BCUT2D eigenvalue weighted by Gasteiger charge is -2.25. The highest BCUT2D eigenvalue weighted by Gasteiger charge is 2.28. The first-order chi connectivity index (χ1) is 9.47. The van der Waals surface area contributed by atoms with Crippen molar-refractivity contribution in [2.75, 3.05) is 32.6 Å². The molecule has 0 aromatic carbocycles. The van der Waals surface area contributed by atoms with Crippen LogP contribution in [0.4, 0.5) is 0 Å². The summed E-state index contributed by atoms with van der Waals surface area (Å²) in [6, 6.07) is 3.70. The van der Waals surface area contributed by atoms with Crippen LogP contribution in [-0.4, -0.2) is 51.4 Å². The van der Waals surface area contributed by atoms with Gasteiger partial charge in [-0.05, 0) is 44.8 Å². The SMILES string of the molecule is CCC(CSC)N(C)S(=O)(=O)c1ccc(CCNC)s1. The van der Waals surface area contributed by atoms with Gasteiger partial charge >= 0.3 is 0 Å². The van der Waals surface area contributed by atoms with Crippen LogP contribution in [0.15, 0.2) is 16.3 Å². The molecule has 1 heterocycles. The van der Waals surface area contributed by atoms with Crippen molar-refractivity contribution in [2.45, 2.75) is 30.0 Å². The van der Waals surface area contributed by atoms with E-state index in [2.05, 4.69) is 5.32 Å². The predicted molar refractivity (Wildman–Crippen MR) is 89.4 cm³/mol. The Kier molecular flexibility index (Phi) is 7.53. The van der Waals surface area contributed by atoms with Crippen LogP contribution >= 0.6 is 23.1 Å². The zero-order chi connectivity index (χ0) is 15.2. The van der Waals surface area contributed by atoms with Gasteiger partial charge in [0.15, 0.2) is 0 Å². The monoisotopic (exact) mass is 336 g/mol. The number of nitrogens with one attached hydrogen (secondary N) is 1. The summed E-state index contributed by atoms with van der Waals surface area (Å²) in [6.07, 6.45) is 3.70. The lowest BCUT2D eigenvalue weighted by molar-refractivity contribution is 0.386. The Hall–Kier alpha value is -0.0800. The summed E-state index contributed by atoms with van der Waals surface area (Å²) in [4.78, 5) is 1.10. The maximum atomic E-state index is 12.6. The molecule has 0 saturated heterocycles. The number of thioether (sulfide) groups is 1. The Bertz CT molecular complexity index is 499. The van der Waals surface area contributed by atoms with Gasteiger partial charge in [-0.1, -0.05) is 6.92 Å². The first-order valence-corrected chi connectivity index (χ1v) is 10.3. The lowest BCUT2D eigenvalue weighted by Crippen LogP contribution is -2.37. The molecule has 7 heteroatoms. The van der Waals surface area contributed by atoms with Crippen LogP contribution in [0.25, 0.3) is 0 Å². The van der Waals surface area contributed by atoms with Crippen LogP contribution in [-0.2, 0) is 16.4 Å². The van der Waals surface area contributed by atoms with Crippen molar-refractivity contribution in [3.8, 4) is 0 Å². The van der Waals surface area contributed by atoms with Gasteiger partial charge in [-0.3, -0.25) is 0 Å². The molecule has 0 bridgehead atoms. The van der Waals surface area contributed by atoms with Gasteiger partial charge in [0.2, 0.25) is 0 Å². The van der Waals surface area contributed by atoms with E-state index in [1.54, 1.807) is 24.9 Å². The second-order valence-corrected chi connectivity index (χ2v) is 8.92. The third kappa shape index (κ3) is 4.46. The average molecular weight is 337 g/mol. The molecule has 1 unspecified atom stereocenters. The smallest absolute Gasteiger partial charge is 0.252 e. The summed E-state index contributed by atoms with van der Waals surface area (Å²) in [7, 11) is 0.225. The van der Waals surface area contributed by atoms with E-state index in [1.807, 2.05) is 26.3 Å². The number of nitrogens with zero attached hydrogens (tertiary/aromatic N) is 1. The molecule has 0 saturated carbocycles. The van der Waals surface area contributed by atoms with Gasteiger partial charge in [-0.15, -0.1) is 11.3 Å².